The van der Waals surface area contributed by atoms with Crippen molar-refractivity contribution in [2.75, 3.05) is 17.2 Å². The summed E-state index contributed by atoms with van der Waals surface area (Å²) >= 11 is 0. The number of nitrogens with zero attached hydrogens (tertiary/aromatic N) is 3. The Morgan fingerprint density at radius 3 is 2.70 bits per heavy atom. The smallest absolute Gasteiger partial charge is 0.224 e. The van der Waals surface area contributed by atoms with Crippen molar-refractivity contribution in [3.8, 4) is 0 Å². The van der Waals surface area contributed by atoms with Gasteiger partial charge in [0.25, 0.3) is 0 Å². The second-order valence-electron chi connectivity index (χ2n) is 4.81. The molecule has 106 valence electrons. The minimum absolute atomic E-state index is 0.669. The zero-order valence-electron chi connectivity index (χ0n) is 12.3. The van der Waals surface area contributed by atoms with Gasteiger partial charge in [-0.1, -0.05) is 6.92 Å². The van der Waals surface area contributed by atoms with Crippen LogP contribution in [0.1, 0.15) is 30.0 Å². The molecule has 5 nitrogen and oxygen atoms in total. The number of aromatic nitrogens is 3. The van der Waals surface area contributed by atoms with Crippen LogP contribution in [0.4, 0.5) is 11.8 Å². The molecule has 0 aliphatic heterocycles. The lowest BCUT2D eigenvalue weighted by Crippen LogP contribution is -2.09. The molecule has 5 heteroatoms. The normalized spacial score (nSPS) is 10.3. The van der Waals surface area contributed by atoms with E-state index in [0.29, 0.717) is 12.5 Å². The number of rotatable bonds is 6. The lowest BCUT2D eigenvalue weighted by Gasteiger charge is -2.11. The highest BCUT2D eigenvalue weighted by atomic mass is 15.1. The maximum atomic E-state index is 4.50. The van der Waals surface area contributed by atoms with E-state index in [9.17, 15) is 0 Å². The van der Waals surface area contributed by atoms with E-state index in [-0.39, 0.29) is 0 Å². The van der Waals surface area contributed by atoms with Crippen LogP contribution in [-0.4, -0.2) is 21.5 Å². The maximum Gasteiger partial charge on any atom is 0.224 e. The largest absolute Gasteiger partial charge is 0.366 e. The highest BCUT2D eigenvalue weighted by molar-refractivity contribution is 5.47. The highest BCUT2D eigenvalue weighted by Gasteiger charge is 2.04. The first-order chi connectivity index (χ1) is 9.70. The van der Waals surface area contributed by atoms with Crippen molar-refractivity contribution < 1.29 is 0 Å². The van der Waals surface area contributed by atoms with Crippen LogP contribution in [0.3, 0.4) is 0 Å². The van der Waals surface area contributed by atoms with E-state index in [1.54, 1.807) is 0 Å². The van der Waals surface area contributed by atoms with Crippen molar-refractivity contribution in [1.29, 1.82) is 0 Å². The first kappa shape index (κ1) is 14.2. The van der Waals surface area contributed by atoms with Gasteiger partial charge in [0.15, 0.2) is 0 Å². The summed E-state index contributed by atoms with van der Waals surface area (Å²) in [5.41, 5.74) is 3.44. The minimum Gasteiger partial charge on any atom is -0.366 e. The van der Waals surface area contributed by atoms with Gasteiger partial charge >= 0.3 is 0 Å². The minimum atomic E-state index is 0.669. The molecule has 0 bridgehead atoms. The summed E-state index contributed by atoms with van der Waals surface area (Å²) in [6, 6.07) is 2.01. The summed E-state index contributed by atoms with van der Waals surface area (Å²) in [6.45, 7) is 7.79. The summed E-state index contributed by atoms with van der Waals surface area (Å²) in [5.74, 6) is 1.53. The van der Waals surface area contributed by atoms with Crippen LogP contribution in [-0.2, 0) is 6.54 Å². The third-order valence-corrected chi connectivity index (χ3v) is 3.10. The van der Waals surface area contributed by atoms with E-state index in [1.807, 2.05) is 31.6 Å². The molecule has 0 spiro atoms. The molecule has 2 aromatic heterocycles. The number of hydrogen-bond acceptors (Lipinski definition) is 5. The predicted octanol–water partition coefficient (Wildman–Crippen LogP) is 2.92. The van der Waals surface area contributed by atoms with Gasteiger partial charge in [-0.25, -0.2) is 4.98 Å². The molecule has 2 rings (SSSR count). The van der Waals surface area contributed by atoms with Crippen LogP contribution in [0, 0.1) is 13.8 Å². The third kappa shape index (κ3) is 3.66. The molecule has 20 heavy (non-hydrogen) atoms. The fourth-order valence-corrected chi connectivity index (χ4v) is 1.80. The summed E-state index contributed by atoms with van der Waals surface area (Å²) in [6.07, 6.45) is 6.58. The van der Waals surface area contributed by atoms with Gasteiger partial charge in [-0.3, -0.25) is 4.98 Å². The molecule has 0 fully saturated rings. The van der Waals surface area contributed by atoms with Gasteiger partial charge in [0.2, 0.25) is 5.95 Å². The second kappa shape index (κ2) is 6.84. The third-order valence-electron chi connectivity index (χ3n) is 3.10. The molecule has 0 aromatic carbocycles. The van der Waals surface area contributed by atoms with E-state index in [4.69, 9.17) is 0 Å². The highest BCUT2D eigenvalue weighted by Crippen LogP contribution is 2.14. The molecule has 2 N–H and O–H groups in total. The van der Waals surface area contributed by atoms with Gasteiger partial charge < -0.3 is 10.6 Å². The van der Waals surface area contributed by atoms with Gasteiger partial charge in [0, 0.05) is 37.2 Å². The fourth-order valence-electron chi connectivity index (χ4n) is 1.80. The van der Waals surface area contributed by atoms with Crippen LogP contribution in [0.2, 0.25) is 0 Å². The molecule has 0 amide bonds. The Hall–Kier alpha value is -2.17. The van der Waals surface area contributed by atoms with Crippen LogP contribution < -0.4 is 10.6 Å². The van der Waals surface area contributed by atoms with Gasteiger partial charge in [-0.2, -0.15) is 4.98 Å². The Morgan fingerprint density at radius 1 is 1.10 bits per heavy atom. The van der Waals surface area contributed by atoms with Crippen molar-refractivity contribution >= 4 is 11.8 Å². The molecule has 0 atom stereocenters. The molecule has 0 aliphatic carbocycles. The standard InChI is InChI=1S/C15H21N5/c1-4-6-17-15-19-8-12(3)14(20-15)18-10-13-9-16-7-5-11(13)2/h5,7-9H,4,6,10H2,1-3H3,(H2,17,18,19,20). The fraction of sp³-hybridized carbons (Fsp3) is 0.400. The number of nitrogens with one attached hydrogen (secondary N) is 2. The number of pyridine rings is 1. The number of hydrogen-bond donors (Lipinski definition) is 2. The van der Waals surface area contributed by atoms with Crippen LogP contribution in [0.25, 0.3) is 0 Å². The van der Waals surface area contributed by atoms with Crippen LogP contribution >= 0.6 is 0 Å². The summed E-state index contributed by atoms with van der Waals surface area (Å²) < 4.78 is 0. The molecule has 0 saturated heterocycles. The van der Waals surface area contributed by atoms with Crippen molar-refractivity contribution in [2.45, 2.75) is 33.7 Å². The van der Waals surface area contributed by atoms with Crippen LogP contribution in [0.15, 0.2) is 24.7 Å². The summed E-state index contributed by atoms with van der Waals surface area (Å²) in [5, 5.41) is 6.55. The Balaban J connectivity index is 2.07. The zero-order valence-corrected chi connectivity index (χ0v) is 12.3. The molecular formula is C15H21N5. The van der Waals surface area contributed by atoms with Crippen molar-refractivity contribution in [2.24, 2.45) is 0 Å². The Kier molecular flexibility index (Phi) is 4.87. The SMILES string of the molecule is CCCNc1ncc(C)c(NCc2cnccc2C)n1. The van der Waals surface area contributed by atoms with E-state index in [0.717, 1.165) is 24.3 Å². The predicted molar refractivity (Wildman–Crippen MR) is 81.9 cm³/mol. The number of anilines is 2. The Labute approximate surface area is 119 Å². The van der Waals surface area contributed by atoms with E-state index in [1.165, 1.54) is 11.1 Å². The van der Waals surface area contributed by atoms with Gasteiger partial charge in [0.1, 0.15) is 5.82 Å². The van der Waals surface area contributed by atoms with E-state index < -0.39 is 0 Å². The summed E-state index contributed by atoms with van der Waals surface area (Å²) in [7, 11) is 0. The average Bonchev–Trinajstić information content (AvgIpc) is 2.46. The monoisotopic (exact) mass is 271 g/mol. The summed E-state index contributed by atoms with van der Waals surface area (Å²) in [4.78, 5) is 12.9. The van der Waals surface area contributed by atoms with Gasteiger partial charge in [0.05, 0.1) is 0 Å². The van der Waals surface area contributed by atoms with Crippen molar-refractivity contribution in [1.82, 2.24) is 15.0 Å². The Bertz CT molecular complexity index is 568. The lowest BCUT2D eigenvalue weighted by atomic mass is 10.1. The molecule has 0 aliphatic rings. The van der Waals surface area contributed by atoms with Gasteiger partial charge in [-0.15, -0.1) is 0 Å². The molecule has 2 aromatic rings. The van der Waals surface area contributed by atoms with Crippen LogP contribution in [0.5, 0.6) is 0 Å². The average molecular weight is 271 g/mol. The van der Waals surface area contributed by atoms with E-state index in [2.05, 4.69) is 39.4 Å². The first-order valence-electron chi connectivity index (χ1n) is 6.91. The van der Waals surface area contributed by atoms with Crippen molar-refractivity contribution in [3.05, 3.63) is 41.3 Å². The maximum absolute atomic E-state index is 4.50. The first-order valence-corrected chi connectivity index (χ1v) is 6.91. The second-order valence-corrected chi connectivity index (χ2v) is 4.81. The van der Waals surface area contributed by atoms with Gasteiger partial charge in [-0.05, 0) is 37.5 Å². The topological polar surface area (TPSA) is 62.7 Å². The zero-order chi connectivity index (χ0) is 14.4. The molecule has 0 saturated carbocycles. The molecule has 2 heterocycles. The lowest BCUT2D eigenvalue weighted by molar-refractivity contribution is 0.946. The quantitative estimate of drug-likeness (QED) is 0.845. The molecular weight excluding hydrogens is 250 g/mol. The van der Waals surface area contributed by atoms with Crippen molar-refractivity contribution in [3.63, 3.8) is 0 Å². The molecule has 0 unspecified atom stereocenters. The number of aryl methyl sites for hydroxylation is 2. The molecule has 0 radical (unpaired) electrons. The van der Waals surface area contributed by atoms with E-state index >= 15 is 0 Å². The Morgan fingerprint density at radius 2 is 1.95 bits per heavy atom.